The Morgan fingerprint density at radius 1 is 1.20 bits per heavy atom. The Kier molecular flexibility index (Phi) is 5.73. The average Bonchev–Trinajstić information content (AvgIpc) is 2.99. The number of rotatable bonds is 4. The van der Waals surface area contributed by atoms with Crippen LogP contribution in [0.1, 0.15) is 11.1 Å². The number of anilines is 2. The van der Waals surface area contributed by atoms with Crippen molar-refractivity contribution in [3.8, 4) is 0 Å². The van der Waals surface area contributed by atoms with E-state index in [2.05, 4.69) is 62.9 Å². The summed E-state index contributed by atoms with van der Waals surface area (Å²) in [4.78, 5) is 0. The van der Waals surface area contributed by atoms with E-state index in [0.29, 0.717) is 16.7 Å². The van der Waals surface area contributed by atoms with E-state index in [9.17, 15) is 0 Å². The van der Waals surface area contributed by atoms with Crippen molar-refractivity contribution in [1.82, 2.24) is 9.78 Å². The molecule has 0 bridgehead atoms. The third kappa shape index (κ3) is 5.04. The van der Waals surface area contributed by atoms with Gasteiger partial charge in [0.05, 0.1) is 29.1 Å². The molecule has 3 aromatic rings. The number of nitrogens with one attached hydrogen (secondary N) is 2. The monoisotopic (exact) mass is 434 g/mol. The van der Waals surface area contributed by atoms with Crippen LogP contribution >= 0.6 is 39.7 Å². The first-order valence-corrected chi connectivity index (χ1v) is 9.18. The molecule has 25 heavy (non-hydrogen) atoms. The zero-order valence-electron chi connectivity index (χ0n) is 13.5. The molecule has 2 N–H and O–H groups in total. The highest BCUT2D eigenvalue weighted by Gasteiger charge is 2.05. The lowest BCUT2D eigenvalue weighted by Gasteiger charge is -2.10. The Labute approximate surface area is 165 Å². The van der Waals surface area contributed by atoms with Crippen LogP contribution < -0.4 is 10.6 Å². The summed E-state index contributed by atoms with van der Waals surface area (Å²) >= 11 is 14.9. The molecule has 0 unspecified atom stereocenters. The van der Waals surface area contributed by atoms with Crippen LogP contribution in [0, 0.1) is 6.92 Å². The topological polar surface area (TPSA) is 41.9 Å². The van der Waals surface area contributed by atoms with Gasteiger partial charge in [-0.1, -0.05) is 57.4 Å². The molecule has 7 heteroatoms. The van der Waals surface area contributed by atoms with Gasteiger partial charge in [0.15, 0.2) is 5.11 Å². The van der Waals surface area contributed by atoms with Gasteiger partial charge < -0.3 is 10.6 Å². The predicted octanol–water partition coefficient (Wildman–Crippen LogP) is 5.46. The molecule has 0 spiro atoms. The number of nitrogens with zero attached hydrogens (tertiary/aromatic N) is 2. The van der Waals surface area contributed by atoms with Gasteiger partial charge in [0.2, 0.25) is 0 Å². The maximum absolute atomic E-state index is 6.19. The fourth-order valence-electron chi connectivity index (χ4n) is 2.27. The van der Waals surface area contributed by atoms with Crippen LogP contribution in [0.3, 0.4) is 0 Å². The number of benzene rings is 2. The smallest absolute Gasteiger partial charge is 0.175 e. The molecular formula is C18H16BrClN4S. The van der Waals surface area contributed by atoms with E-state index in [1.54, 1.807) is 6.20 Å². The number of aromatic nitrogens is 2. The summed E-state index contributed by atoms with van der Waals surface area (Å²) < 4.78 is 2.78. The van der Waals surface area contributed by atoms with Crippen LogP contribution in [-0.4, -0.2) is 14.9 Å². The van der Waals surface area contributed by atoms with E-state index < -0.39 is 0 Å². The molecule has 0 aliphatic carbocycles. The molecule has 1 heterocycles. The lowest BCUT2D eigenvalue weighted by molar-refractivity contribution is 0.687. The number of hydrogen-bond donors (Lipinski definition) is 2. The summed E-state index contributed by atoms with van der Waals surface area (Å²) in [5.74, 6) is 0. The van der Waals surface area contributed by atoms with Crippen molar-refractivity contribution in [1.29, 1.82) is 0 Å². The van der Waals surface area contributed by atoms with E-state index in [1.807, 2.05) is 29.1 Å². The van der Waals surface area contributed by atoms with Crippen LogP contribution in [0.15, 0.2) is 59.3 Å². The lowest BCUT2D eigenvalue weighted by Crippen LogP contribution is -2.19. The molecule has 0 aliphatic rings. The molecular weight excluding hydrogens is 420 g/mol. The van der Waals surface area contributed by atoms with Crippen molar-refractivity contribution in [2.24, 2.45) is 0 Å². The Morgan fingerprint density at radius 2 is 1.96 bits per heavy atom. The highest BCUT2D eigenvalue weighted by molar-refractivity contribution is 9.10. The maximum Gasteiger partial charge on any atom is 0.175 e. The fraction of sp³-hybridized carbons (Fsp3) is 0.111. The number of halogens is 2. The molecule has 0 radical (unpaired) electrons. The third-order valence-electron chi connectivity index (χ3n) is 3.54. The quantitative estimate of drug-likeness (QED) is 0.534. The molecule has 0 saturated heterocycles. The van der Waals surface area contributed by atoms with Crippen LogP contribution in [0.4, 0.5) is 11.4 Å². The summed E-state index contributed by atoms with van der Waals surface area (Å²) in [6.07, 6.45) is 3.66. The van der Waals surface area contributed by atoms with Gasteiger partial charge in [-0.05, 0) is 42.9 Å². The van der Waals surface area contributed by atoms with E-state index in [0.717, 1.165) is 15.8 Å². The number of thiocarbonyl (C=S) groups is 1. The van der Waals surface area contributed by atoms with Crippen molar-refractivity contribution in [2.45, 2.75) is 13.5 Å². The lowest BCUT2D eigenvalue weighted by atomic mass is 10.1. The minimum absolute atomic E-state index is 0.458. The normalized spacial score (nSPS) is 10.5. The van der Waals surface area contributed by atoms with Crippen LogP contribution in [-0.2, 0) is 6.54 Å². The Morgan fingerprint density at radius 3 is 2.68 bits per heavy atom. The van der Waals surface area contributed by atoms with Gasteiger partial charge in [0, 0.05) is 10.7 Å². The molecule has 0 aliphatic heterocycles. The van der Waals surface area contributed by atoms with Gasteiger partial charge in [0.1, 0.15) is 0 Å². The molecule has 0 saturated carbocycles. The summed E-state index contributed by atoms with van der Waals surface area (Å²) in [5.41, 5.74) is 4.00. The first-order valence-electron chi connectivity index (χ1n) is 7.61. The van der Waals surface area contributed by atoms with Crippen LogP contribution in [0.25, 0.3) is 0 Å². The average molecular weight is 436 g/mol. The second-order valence-corrected chi connectivity index (χ2v) is 7.35. The van der Waals surface area contributed by atoms with Crippen molar-refractivity contribution in [3.63, 3.8) is 0 Å². The largest absolute Gasteiger partial charge is 0.331 e. The van der Waals surface area contributed by atoms with Crippen LogP contribution in [0.5, 0.6) is 0 Å². The fourth-order valence-corrected chi connectivity index (χ4v) is 3.22. The second-order valence-electron chi connectivity index (χ2n) is 5.62. The summed E-state index contributed by atoms with van der Waals surface area (Å²) in [5, 5.41) is 11.6. The number of aryl methyl sites for hydroxylation is 1. The van der Waals surface area contributed by atoms with Crippen LogP contribution in [0.2, 0.25) is 5.02 Å². The van der Waals surface area contributed by atoms with Gasteiger partial charge in [0.25, 0.3) is 0 Å². The molecule has 2 aromatic carbocycles. The van der Waals surface area contributed by atoms with E-state index in [4.69, 9.17) is 23.8 Å². The van der Waals surface area contributed by atoms with Gasteiger partial charge in [-0.2, -0.15) is 5.10 Å². The molecule has 0 fully saturated rings. The van der Waals surface area contributed by atoms with Crippen molar-refractivity contribution in [2.75, 3.05) is 10.6 Å². The minimum Gasteiger partial charge on any atom is -0.331 e. The van der Waals surface area contributed by atoms with Gasteiger partial charge >= 0.3 is 0 Å². The number of hydrogen-bond acceptors (Lipinski definition) is 2. The van der Waals surface area contributed by atoms with Crippen molar-refractivity contribution >= 4 is 56.2 Å². The Bertz CT molecular complexity index is 892. The molecule has 0 atom stereocenters. The van der Waals surface area contributed by atoms with Crippen molar-refractivity contribution < 1.29 is 0 Å². The summed E-state index contributed by atoms with van der Waals surface area (Å²) in [6, 6.07) is 14.0. The molecule has 1 aromatic heterocycles. The molecule has 0 amide bonds. The van der Waals surface area contributed by atoms with Gasteiger partial charge in [-0.3, -0.25) is 4.68 Å². The van der Waals surface area contributed by atoms with E-state index in [-0.39, 0.29) is 0 Å². The Balaban J connectivity index is 1.60. The van der Waals surface area contributed by atoms with Gasteiger partial charge in [-0.15, -0.1) is 0 Å². The van der Waals surface area contributed by atoms with Crippen molar-refractivity contribution in [3.05, 3.63) is 75.5 Å². The summed E-state index contributed by atoms with van der Waals surface area (Å²) in [7, 11) is 0. The Hall–Kier alpha value is -1.89. The highest BCUT2D eigenvalue weighted by Crippen LogP contribution is 2.25. The SMILES string of the molecule is Cc1ccc(Cn2cc(NC(=S)Nc3ccc(Br)cc3Cl)cn2)cc1. The predicted molar refractivity (Wildman–Crippen MR) is 112 cm³/mol. The molecule has 128 valence electrons. The first-order chi connectivity index (χ1) is 12.0. The summed E-state index contributed by atoms with van der Waals surface area (Å²) in [6.45, 7) is 2.78. The third-order valence-corrected chi connectivity index (χ3v) is 4.55. The van der Waals surface area contributed by atoms with Gasteiger partial charge in [-0.25, -0.2) is 0 Å². The first kappa shape index (κ1) is 17.9. The zero-order valence-corrected chi connectivity index (χ0v) is 16.6. The standard InChI is InChI=1S/C18H16BrClN4S/c1-12-2-4-13(5-3-12)10-24-11-15(9-21-24)22-18(25)23-17-7-6-14(19)8-16(17)20/h2-9,11H,10H2,1H3,(H2,22,23,25). The highest BCUT2D eigenvalue weighted by atomic mass is 79.9. The van der Waals surface area contributed by atoms with E-state index in [1.165, 1.54) is 11.1 Å². The van der Waals surface area contributed by atoms with E-state index >= 15 is 0 Å². The molecule has 3 rings (SSSR count). The second kappa shape index (κ2) is 7.99. The maximum atomic E-state index is 6.19. The zero-order chi connectivity index (χ0) is 17.8. The minimum atomic E-state index is 0.458. The molecule has 4 nitrogen and oxygen atoms in total.